The van der Waals surface area contributed by atoms with Gasteiger partial charge in [0, 0.05) is 13.1 Å². The van der Waals surface area contributed by atoms with E-state index in [9.17, 15) is 10.1 Å². The summed E-state index contributed by atoms with van der Waals surface area (Å²) in [5.74, 6) is 0. The highest BCUT2D eigenvalue weighted by Gasteiger charge is 2.12. The molecule has 0 saturated heterocycles. The van der Waals surface area contributed by atoms with Crippen molar-refractivity contribution in [1.82, 2.24) is 14.5 Å². The summed E-state index contributed by atoms with van der Waals surface area (Å²) in [5.41, 5.74) is 0.861. The summed E-state index contributed by atoms with van der Waals surface area (Å²) in [7, 11) is 1.69. The van der Waals surface area contributed by atoms with E-state index in [2.05, 4.69) is 9.97 Å². The Labute approximate surface area is 83.3 Å². The maximum Gasteiger partial charge on any atom is 0.289 e. The lowest BCUT2D eigenvalue weighted by molar-refractivity contribution is -0.385. The van der Waals surface area contributed by atoms with Crippen LogP contribution in [0.4, 0.5) is 5.69 Å². The number of aromatic nitrogens is 3. The summed E-state index contributed by atoms with van der Waals surface area (Å²) in [5, 5.41) is 10.7. The van der Waals surface area contributed by atoms with Gasteiger partial charge in [-0.1, -0.05) is 0 Å². The standard InChI is InChI=1S/C7H5ClN4O2/c1-11-6-5(10-7(11)8)2-4(3-9-6)12(13)14/h2-3H,1H3. The molecule has 7 heteroatoms. The largest absolute Gasteiger partial charge is 0.302 e. The zero-order valence-electron chi connectivity index (χ0n) is 7.14. The van der Waals surface area contributed by atoms with Crippen LogP contribution < -0.4 is 0 Å². The average molecular weight is 213 g/mol. The Morgan fingerprint density at radius 3 is 3.00 bits per heavy atom. The molecule has 0 atom stereocenters. The maximum atomic E-state index is 10.4. The summed E-state index contributed by atoms with van der Waals surface area (Å²) in [4.78, 5) is 17.7. The molecule has 0 aliphatic heterocycles. The number of hydrogen-bond acceptors (Lipinski definition) is 4. The van der Waals surface area contributed by atoms with E-state index < -0.39 is 4.92 Å². The van der Waals surface area contributed by atoms with Crippen LogP contribution in [-0.4, -0.2) is 19.5 Å². The van der Waals surface area contributed by atoms with Crippen molar-refractivity contribution in [2.75, 3.05) is 0 Å². The van der Waals surface area contributed by atoms with E-state index >= 15 is 0 Å². The molecule has 2 aromatic heterocycles. The van der Waals surface area contributed by atoms with Gasteiger partial charge in [0.2, 0.25) is 5.28 Å². The molecule has 14 heavy (non-hydrogen) atoms. The van der Waals surface area contributed by atoms with E-state index in [4.69, 9.17) is 11.6 Å². The van der Waals surface area contributed by atoms with Crippen LogP contribution in [-0.2, 0) is 7.05 Å². The molecule has 0 spiro atoms. The minimum absolute atomic E-state index is 0.0905. The molecule has 6 nitrogen and oxygen atoms in total. The summed E-state index contributed by atoms with van der Waals surface area (Å²) < 4.78 is 1.56. The number of nitrogens with zero attached hydrogens (tertiary/aromatic N) is 4. The minimum Gasteiger partial charge on any atom is -0.302 e. The molecule has 0 aromatic carbocycles. The number of rotatable bonds is 1. The highest BCUT2D eigenvalue weighted by Crippen LogP contribution is 2.20. The Morgan fingerprint density at radius 2 is 2.36 bits per heavy atom. The Balaban J connectivity index is 2.73. The fraction of sp³-hybridized carbons (Fsp3) is 0.143. The number of aryl methyl sites for hydroxylation is 1. The number of pyridine rings is 1. The molecule has 0 radical (unpaired) electrons. The molecular formula is C7H5ClN4O2. The molecule has 72 valence electrons. The van der Waals surface area contributed by atoms with Crippen molar-refractivity contribution in [3.8, 4) is 0 Å². The fourth-order valence-electron chi connectivity index (χ4n) is 1.14. The van der Waals surface area contributed by atoms with Crippen LogP contribution in [0.25, 0.3) is 11.2 Å². The summed E-state index contributed by atoms with van der Waals surface area (Å²) in [6.07, 6.45) is 1.18. The summed E-state index contributed by atoms with van der Waals surface area (Å²) >= 11 is 5.73. The Kier molecular flexibility index (Phi) is 1.85. The van der Waals surface area contributed by atoms with Crippen LogP contribution in [0.3, 0.4) is 0 Å². The molecule has 0 amide bonds. The molecule has 0 bridgehead atoms. The highest BCUT2D eigenvalue weighted by molar-refractivity contribution is 6.29. The van der Waals surface area contributed by atoms with Gasteiger partial charge in [0.15, 0.2) is 5.65 Å². The fourth-order valence-corrected chi connectivity index (χ4v) is 1.31. The van der Waals surface area contributed by atoms with Crippen LogP contribution in [0.5, 0.6) is 0 Å². The second kappa shape index (κ2) is 2.91. The molecule has 2 aromatic rings. The number of nitro groups is 1. The first-order valence-corrected chi connectivity index (χ1v) is 4.10. The summed E-state index contributed by atoms with van der Waals surface area (Å²) in [6.45, 7) is 0. The van der Waals surface area contributed by atoms with E-state index in [1.54, 1.807) is 11.6 Å². The third kappa shape index (κ3) is 1.20. The third-order valence-electron chi connectivity index (χ3n) is 1.85. The van der Waals surface area contributed by atoms with E-state index in [0.717, 1.165) is 0 Å². The van der Waals surface area contributed by atoms with E-state index in [1.165, 1.54) is 12.3 Å². The molecule has 0 aliphatic carbocycles. The van der Waals surface area contributed by atoms with Crippen molar-refractivity contribution in [3.63, 3.8) is 0 Å². The number of fused-ring (bicyclic) bond motifs is 1. The first-order chi connectivity index (χ1) is 6.59. The normalized spacial score (nSPS) is 10.7. The Morgan fingerprint density at radius 1 is 1.64 bits per heavy atom. The van der Waals surface area contributed by atoms with Gasteiger partial charge in [0.05, 0.1) is 4.92 Å². The van der Waals surface area contributed by atoms with E-state index in [1.807, 2.05) is 0 Å². The Hall–Kier alpha value is -1.69. The topological polar surface area (TPSA) is 73.8 Å². The van der Waals surface area contributed by atoms with Crippen molar-refractivity contribution in [1.29, 1.82) is 0 Å². The van der Waals surface area contributed by atoms with Gasteiger partial charge in [-0.2, -0.15) is 0 Å². The predicted molar refractivity (Wildman–Crippen MR) is 50.2 cm³/mol. The highest BCUT2D eigenvalue weighted by atomic mass is 35.5. The van der Waals surface area contributed by atoms with Crippen molar-refractivity contribution >= 4 is 28.5 Å². The molecule has 0 N–H and O–H groups in total. The smallest absolute Gasteiger partial charge is 0.289 e. The molecule has 0 aliphatic rings. The lowest BCUT2D eigenvalue weighted by Gasteiger charge is -1.93. The Bertz CT molecular complexity index is 522. The first kappa shape index (κ1) is 8.89. The SMILES string of the molecule is Cn1c(Cl)nc2cc([N+](=O)[O-])cnc21. The molecular weight excluding hydrogens is 208 g/mol. The van der Waals surface area contributed by atoms with Crippen LogP contribution >= 0.6 is 11.6 Å². The second-order valence-corrected chi connectivity index (χ2v) is 3.07. The molecule has 2 rings (SSSR count). The van der Waals surface area contributed by atoms with Gasteiger partial charge in [0.1, 0.15) is 11.7 Å². The van der Waals surface area contributed by atoms with Gasteiger partial charge < -0.3 is 4.57 Å². The van der Waals surface area contributed by atoms with E-state index in [0.29, 0.717) is 11.2 Å². The van der Waals surface area contributed by atoms with Crippen molar-refractivity contribution < 1.29 is 4.92 Å². The molecule has 0 unspecified atom stereocenters. The number of halogens is 1. The van der Waals surface area contributed by atoms with Gasteiger partial charge in [-0.05, 0) is 11.6 Å². The average Bonchev–Trinajstić information content (AvgIpc) is 2.42. The van der Waals surface area contributed by atoms with Crippen molar-refractivity contribution in [2.45, 2.75) is 0 Å². The quantitative estimate of drug-likeness (QED) is 0.531. The van der Waals surface area contributed by atoms with Crippen LogP contribution in [0, 0.1) is 10.1 Å². The van der Waals surface area contributed by atoms with Crippen LogP contribution in [0.1, 0.15) is 0 Å². The minimum atomic E-state index is -0.519. The van der Waals surface area contributed by atoms with E-state index in [-0.39, 0.29) is 11.0 Å². The van der Waals surface area contributed by atoms with Gasteiger partial charge in [-0.3, -0.25) is 10.1 Å². The van der Waals surface area contributed by atoms with Crippen molar-refractivity contribution in [3.05, 3.63) is 27.7 Å². The molecule has 0 fully saturated rings. The summed E-state index contributed by atoms with van der Waals surface area (Å²) in [6, 6.07) is 1.34. The maximum absolute atomic E-state index is 10.4. The van der Waals surface area contributed by atoms with Gasteiger partial charge in [-0.25, -0.2) is 9.97 Å². The molecule has 2 heterocycles. The zero-order valence-corrected chi connectivity index (χ0v) is 7.89. The van der Waals surface area contributed by atoms with Crippen LogP contribution in [0.15, 0.2) is 12.3 Å². The third-order valence-corrected chi connectivity index (χ3v) is 2.19. The van der Waals surface area contributed by atoms with Crippen molar-refractivity contribution in [2.24, 2.45) is 7.05 Å². The lowest BCUT2D eigenvalue weighted by Crippen LogP contribution is -1.92. The predicted octanol–water partition coefficient (Wildman–Crippen LogP) is 1.53. The zero-order chi connectivity index (χ0) is 10.3. The first-order valence-electron chi connectivity index (χ1n) is 3.72. The second-order valence-electron chi connectivity index (χ2n) is 2.73. The number of imidazole rings is 1. The van der Waals surface area contributed by atoms with Gasteiger partial charge >= 0.3 is 0 Å². The monoisotopic (exact) mass is 212 g/mol. The number of hydrogen-bond donors (Lipinski definition) is 0. The lowest BCUT2D eigenvalue weighted by atomic mass is 10.4. The van der Waals surface area contributed by atoms with Gasteiger partial charge in [-0.15, -0.1) is 0 Å². The van der Waals surface area contributed by atoms with Gasteiger partial charge in [0.25, 0.3) is 5.69 Å². The van der Waals surface area contributed by atoms with Crippen LogP contribution in [0.2, 0.25) is 5.28 Å². The molecule has 0 saturated carbocycles.